The summed E-state index contributed by atoms with van der Waals surface area (Å²) in [7, 11) is 0. The van der Waals surface area contributed by atoms with Crippen LogP contribution in [0.15, 0.2) is 54.6 Å². The molecule has 0 aromatic heterocycles. The van der Waals surface area contributed by atoms with Gasteiger partial charge in [-0.15, -0.1) is 23.5 Å². The minimum Gasteiger partial charge on any atom is -0.196 e. The fraction of sp³-hybridized carbons (Fsp3) is 0.273. The first kappa shape index (κ1) is 19.7. The van der Waals surface area contributed by atoms with Gasteiger partial charge in [-0.2, -0.15) is 21.0 Å². The van der Waals surface area contributed by atoms with Crippen LogP contribution >= 0.6 is 35.1 Å². The Morgan fingerprint density at radius 2 is 1.48 bits per heavy atom. The molecule has 140 valence electrons. The molecule has 2 aliphatic heterocycles. The lowest BCUT2D eigenvalue weighted by Crippen LogP contribution is -2.57. The first-order valence-electron chi connectivity index (χ1n) is 8.82. The van der Waals surface area contributed by atoms with Crippen molar-refractivity contribution < 1.29 is 0 Å². The summed E-state index contributed by atoms with van der Waals surface area (Å²) in [4.78, 5) is 0. The number of benzene rings is 2. The Hall–Kier alpha value is -2.61. The van der Waals surface area contributed by atoms with E-state index in [1.54, 1.807) is 24.3 Å². The van der Waals surface area contributed by atoms with Crippen LogP contribution in [-0.2, 0) is 4.08 Å². The zero-order valence-corrected chi connectivity index (χ0v) is 17.4. The van der Waals surface area contributed by atoms with Crippen molar-refractivity contribution in [3.63, 3.8) is 0 Å². The van der Waals surface area contributed by atoms with Gasteiger partial charge in [-0.1, -0.05) is 54.1 Å². The third kappa shape index (κ3) is 2.38. The normalized spacial score (nSPS) is 28.3. The lowest BCUT2D eigenvalue weighted by Gasteiger charge is -2.51. The second-order valence-corrected chi connectivity index (χ2v) is 10.4. The molecule has 2 fully saturated rings. The topological polar surface area (TPSA) is 95.2 Å². The summed E-state index contributed by atoms with van der Waals surface area (Å²) in [5.74, 6) is 0.0710. The van der Waals surface area contributed by atoms with Gasteiger partial charge in [-0.05, 0) is 23.3 Å². The molecule has 0 radical (unpaired) electrons. The van der Waals surface area contributed by atoms with Crippen molar-refractivity contribution in [3.05, 3.63) is 70.7 Å². The lowest BCUT2D eigenvalue weighted by molar-refractivity contribution is 0.216. The number of nitrogens with zero attached hydrogens (tertiary/aromatic N) is 4. The van der Waals surface area contributed by atoms with Crippen molar-refractivity contribution in [3.8, 4) is 24.3 Å². The fourth-order valence-corrected chi connectivity index (χ4v) is 8.89. The molecule has 2 bridgehead atoms. The molecular weight excluding hydrogens is 420 g/mol. The van der Waals surface area contributed by atoms with Gasteiger partial charge < -0.3 is 0 Å². The Bertz CT molecular complexity index is 1090. The van der Waals surface area contributed by atoms with E-state index >= 15 is 0 Å². The highest BCUT2D eigenvalue weighted by molar-refractivity contribution is 8.21. The van der Waals surface area contributed by atoms with E-state index in [-0.39, 0.29) is 5.25 Å². The number of hydrogen-bond acceptors (Lipinski definition) is 6. The fourth-order valence-electron chi connectivity index (χ4n) is 4.46. The monoisotopic (exact) mass is 432 g/mol. The van der Waals surface area contributed by atoms with Crippen LogP contribution in [0.1, 0.15) is 17.0 Å². The highest BCUT2D eigenvalue weighted by atomic mass is 35.5. The Balaban J connectivity index is 2.05. The SMILES string of the molecule is N#CC1(C#N)[C@H](c2ccccc2)[C@H]2CS[C@@](c3ccc(Cl)cc3)(S2)C1(C#N)C#N. The summed E-state index contributed by atoms with van der Waals surface area (Å²) in [6.07, 6.45) is 0. The van der Waals surface area contributed by atoms with Crippen LogP contribution in [0.2, 0.25) is 5.02 Å². The first-order chi connectivity index (χ1) is 14.0. The van der Waals surface area contributed by atoms with Crippen LogP contribution < -0.4 is 0 Å². The molecule has 0 aliphatic carbocycles. The van der Waals surface area contributed by atoms with E-state index in [1.807, 2.05) is 30.3 Å². The number of fused-ring (bicyclic) bond motifs is 2. The molecule has 0 unspecified atom stereocenters. The predicted molar refractivity (Wildman–Crippen MR) is 113 cm³/mol. The minimum atomic E-state index is -1.87. The second-order valence-electron chi connectivity index (χ2n) is 6.98. The molecule has 2 heterocycles. The van der Waals surface area contributed by atoms with Gasteiger partial charge in [0, 0.05) is 21.9 Å². The van der Waals surface area contributed by atoms with E-state index in [0.29, 0.717) is 10.8 Å². The maximum atomic E-state index is 10.4. The maximum Gasteiger partial charge on any atom is 0.203 e. The summed E-state index contributed by atoms with van der Waals surface area (Å²) >= 11 is 9.06. The summed E-state index contributed by atoms with van der Waals surface area (Å²) in [5.41, 5.74) is -2.17. The molecule has 0 saturated carbocycles. The Morgan fingerprint density at radius 1 is 0.862 bits per heavy atom. The van der Waals surface area contributed by atoms with E-state index in [1.165, 1.54) is 23.5 Å². The number of hydrogen-bond donors (Lipinski definition) is 0. The number of rotatable bonds is 2. The van der Waals surface area contributed by atoms with E-state index in [2.05, 4.69) is 24.3 Å². The van der Waals surface area contributed by atoms with E-state index in [0.717, 1.165) is 11.1 Å². The van der Waals surface area contributed by atoms with Crippen molar-refractivity contribution in [2.45, 2.75) is 15.2 Å². The van der Waals surface area contributed by atoms with Crippen molar-refractivity contribution in [1.82, 2.24) is 0 Å². The minimum absolute atomic E-state index is 0.0906. The van der Waals surface area contributed by atoms with Gasteiger partial charge in [0.25, 0.3) is 0 Å². The zero-order chi connectivity index (χ0) is 20.7. The van der Waals surface area contributed by atoms with Crippen molar-refractivity contribution in [2.75, 3.05) is 5.75 Å². The van der Waals surface area contributed by atoms with Crippen LogP contribution in [0.25, 0.3) is 0 Å². The molecule has 2 aromatic rings. The Morgan fingerprint density at radius 3 is 2.03 bits per heavy atom. The van der Waals surface area contributed by atoms with Crippen molar-refractivity contribution in [1.29, 1.82) is 21.0 Å². The molecule has 4 nitrogen and oxygen atoms in total. The highest BCUT2D eigenvalue weighted by Crippen LogP contribution is 2.77. The first-order valence-corrected chi connectivity index (χ1v) is 11.1. The number of halogens is 1. The molecule has 2 aromatic carbocycles. The summed E-state index contributed by atoms with van der Waals surface area (Å²) < 4.78 is -1.05. The standard InChI is InChI=1S/C22H13ClN4S2/c23-17-8-6-16(7-9-17)22-21(13-26,14-27)20(11-24,12-25)19(18(29-22)10-28-22)15-4-2-1-3-5-15/h1-9,18-19H,10H2/t18-,19-,22+/m1/s1. The number of nitriles is 4. The molecule has 2 aliphatic rings. The summed E-state index contributed by atoms with van der Waals surface area (Å²) in [6.45, 7) is 0. The molecule has 4 rings (SSSR count). The smallest absolute Gasteiger partial charge is 0.196 e. The largest absolute Gasteiger partial charge is 0.203 e. The van der Waals surface area contributed by atoms with Crippen LogP contribution in [0.3, 0.4) is 0 Å². The van der Waals surface area contributed by atoms with Gasteiger partial charge in [0.05, 0.1) is 24.3 Å². The third-order valence-electron chi connectivity index (χ3n) is 5.76. The molecular formula is C22H13ClN4S2. The zero-order valence-electron chi connectivity index (χ0n) is 15.0. The van der Waals surface area contributed by atoms with Crippen LogP contribution in [0, 0.1) is 56.2 Å². The quantitative estimate of drug-likeness (QED) is 0.646. The van der Waals surface area contributed by atoms with Crippen molar-refractivity contribution in [2.24, 2.45) is 10.8 Å². The lowest BCUT2D eigenvalue weighted by atomic mass is 9.55. The van der Waals surface area contributed by atoms with Crippen LogP contribution in [0.5, 0.6) is 0 Å². The number of thioether (sulfide) groups is 2. The second kappa shape index (κ2) is 7.02. The summed E-state index contributed by atoms with van der Waals surface area (Å²) in [6, 6.07) is 24.9. The molecule has 0 spiro atoms. The molecule has 29 heavy (non-hydrogen) atoms. The van der Waals surface area contributed by atoms with Crippen LogP contribution in [-0.4, -0.2) is 11.0 Å². The molecule has 7 heteroatoms. The van der Waals surface area contributed by atoms with Gasteiger partial charge in [-0.25, -0.2) is 0 Å². The van der Waals surface area contributed by atoms with E-state index in [9.17, 15) is 21.0 Å². The molecule has 0 amide bonds. The van der Waals surface area contributed by atoms with E-state index < -0.39 is 20.8 Å². The third-order valence-corrected chi connectivity index (χ3v) is 9.96. The van der Waals surface area contributed by atoms with Gasteiger partial charge in [0.15, 0.2) is 5.41 Å². The Kier molecular flexibility index (Phi) is 4.77. The van der Waals surface area contributed by atoms with Crippen LogP contribution in [0.4, 0.5) is 0 Å². The highest BCUT2D eigenvalue weighted by Gasteiger charge is 2.77. The maximum absolute atomic E-state index is 10.4. The predicted octanol–water partition coefficient (Wildman–Crippen LogP) is 5.21. The van der Waals surface area contributed by atoms with Gasteiger partial charge in [-0.3, -0.25) is 0 Å². The average molecular weight is 433 g/mol. The molecule has 0 N–H and O–H groups in total. The molecule has 2 saturated heterocycles. The average Bonchev–Trinajstić information content (AvgIpc) is 3.17. The summed E-state index contributed by atoms with van der Waals surface area (Å²) in [5, 5.41) is 41.9. The van der Waals surface area contributed by atoms with Gasteiger partial charge in [0.1, 0.15) is 4.08 Å². The Labute approximate surface area is 182 Å². The molecule has 3 atom stereocenters. The van der Waals surface area contributed by atoms with Gasteiger partial charge in [0.2, 0.25) is 5.41 Å². The van der Waals surface area contributed by atoms with E-state index in [4.69, 9.17) is 11.6 Å². The van der Waals surface area contributed by atoms with Gasteiger partial charge >= 0.3 is 0 Å². The van der Waals surface area contributed by atoms with Crippen molar-refractivity contribution >= 4 is 35.1 Å².